The Balaban J connectivity index is 2.79. The molecule has 0 aromatic heterocycles. The fourth-order valence-corrected chi connectivity index (χ4v) is 1.35. The molecule has 98 valence electrons. The molecule has 0 bridgehead atoms. The van der Waals surface area contributed by atoms with Gasteiger partial charge in [-0.15, -0.1) is 0 Å². The van der Waals surface area contributed by atoms with Crippen LogP contribution in [0.15, 0.2) is 12.2 Å². The normalized spacial score (nSPS) is 29.1. The Bertz CT molecular complexity index is 305. The zero-order chi connectivity index (χ0) is 13.1. The van der Waals surface area contributed by atoms with Crippen molar-refractivity contribution in [1.82, 2.24) is 0 Å². The summed E-state index contributed by atoms with van der Waals surface area (Å²) in [6, 6.07) is 0. The van der Waals surface area contributed by atoms with Crippen molar-refractivity contribution in [3.8, 4) is 0 Å². The van der Waals surface area contributed by atoms with Gasteiger partial charge in [0.1, 0.15) is 12.2 Å². The first-order valence-electron chi connectivity index (χ1n) is 5.11. The number of hydrogen-bond acceptors (Lipinski definition) is 5. The molecule has 1 aliphatic heterocycles. The van der Waals surface area contributed by atoms with Crippen LogP contribution in [-0.2, 0) is 14.3 Å². The highest BCUT2D eigenvalue weighted by Gasteiger charge is 2.51. The van der Waals surface area contributed by atoms with Crippen molar-refractivity contribution in [1.29, 1.82) is 0 Å². The van der Waals surface area contributed by atoms with Gasteiger partial charge >= 0.3 is 11.9 Å². The first-order chi connectivity index (χ1) is 7.93. The molecule has 0 fully saturated rings. The molecule has 0 saturated heterocycles. The highest BCUT2D eigenvalue weighted by atomic mass is 19.3. The maximum absolute atomic E-state index is 13.5. The number of ether oxygens (including phenoxy) is 2. The third-order valence-electron chi connectivity index (χ3n) is 2.27. The van der Waals surface area contributed by atoms with E-state index in [1.165, 1.54) is 6.92 Å². The number of carbonyl (C=O) groups excluding carboxylic acids is 1. The molecule has 0 spiro atoms. The van der Waals surface area contributed by atoms with Gasteiger partial charge in [-0.25, -0.2) is 4.79 Å². The molecule has 1 rings (SSSR count). The van der Waals surface area contributed by atoms with Crippen molar-refractivity contribution in [2.75, 3.05) is 13.2 Å². The van der Waals surface area contributed by atoms with E-state index in [1.807, 2.05) is 0 Å². The summed E-state index contributed by atoms with van der Waals surface area (Å²) in [4.78, 5) is 11.0. The molecule has 0 aromatic carbocycles. The van der Waals surface area contributed by atoms with Crippen LogP contribution in [0.5, 0.6) is 0 Å². The summed E-state index contributed by atoms with van der Waals surface area (Å²) in [6.07, 6.45) is -2.25. The van der Waals surface area contributed by atoms with Crippen molar-refractivity contribution in [2.45, 2.75) is 31.2 Å². The van der Waals surface area contributed by atoms with Gasteiger partial charge in [0.25, 0.3) is 0 Å². The second-order valence-electron chi connectivity index (χ2n) is 3.50. The monoisotopic (exact) mass is 252 g/mol. The molecular formula is C10H14F2O5. The van der Waals surface area contributed by atoms with Gasteiger partial charge in [-0.2, -0.15) is 8.78 Å². The highest BCUT2D eigenvalue weighted by Crippen LogP contribution is 2.28. The number of carbonyl (C=O) groups is 1. The summed E-state index contributed by atoms with van der Waals surface area (Å²) in [6.45, 7) is 0.615. The van der Waals surface area contributed by atoms with Crippen molar-refractivity contribution in [2.24, 2.45) is 0 Å². The fraction of sp³-hybridized carbons (Fsp3) is 0.700. The molecule has 1 heterocycles. The predicted molar refractivity (Wildman–Crippen MR) is 52.5 cm³/mol. The minimum absolute atomic E-state index is 0.170. The van der Waals surface area contributed by atoms with Crippen molar-refractivity contribution in [3.63, 3.8) is 0 Å². The smallest absolute Gasteiger partial charge is 0.380 e. The van der Waals surface area contributed by atoms with Crippen LogP contribution in [0.4, 0.5) is 8.78 Å². The zero-order valence-corrected chi connectivity index (χ0v) is 9.18. The van der Waals surface area contributed by atoms with Gasteiger partial charge in [0.2, 0.25) is 0 Å². The van der Waals surface area contributed by atoms with E-state index in [9.17, 15) is 18.7 Å². The van der Waals surface area contributed by atoms with E-state index >= 15 is 0 Å². The number of aliphatic hydroxyl groups excluding tert-OH is 2. The molecule has 0 radical (unpaired) electrons. The number of rotatable bonds is 4. The van der Waals surface area contributed by atoms with E-state index in [0.29, 0.717) is 0 Å². The summed E-state index contributed by atoms with van der Waals surface area (Å²) >= 11 is 0. The van der Waals surface area contributed by atoms with Crippen LogP contribution in [0, 0.1) is 0 Å². The fourth-order valence-electron chi connectivity index (χ4n) is 1.35. The van der Waals surface area contributed by atoms with Gasteiger partial charge in [-0.1, -0.05) is 12.2 Å². The standard InChI is InChI=1S/C10H14F2O5/c1-2-16-9(15)10(11,12)8-4-3-6(14)7(5-13)17-8/h3-4,6-8,13-14H,2,5H2,1H3/t6-,7+,8?/m0/s1. The topological polar surface area (TPSA) is 76.0 Å². The number of halogens is 2. The maximum Gasteiger partial charge on any atom is 0.380 e. The average molecular weight is 252 g/mol. The Hall–Kier alpha value is -1.05. The van der Waals surface area contributed by atoms with E-state index in [1.54, 1.807) is 0 Å². The minimum atomic E-state index is -3.85. The Labute approximate surface area is 96.6 Å². The van der Waals surface area contributed by atoms with Gasteiger partial charge in [-0.3, -0.25) is 0 Å². The highest BCUT2D eigenvalue weighted by molar-refractivity contribution is 5.78. The second-order valence-corrected chi connectivity index (χ2v) is 3.50. The third kappa shape index (κ3) is 2.99. The maximum atomic E-state index is 13.5. The number of aliphatic hydroxyl groups is 2. The lowest BCUT2D eigenvalue weighted by Crippen LogP contribution is -2.49. The van der Waals surface area contributed by atoms with Crippen LogP contribution in [-0.4, -0.2) is 53.6 Å². The van der Waals surface area contributed by atoms with Gasteiger partial charge < -0.3 is 19.7 Å². The van der Waals surface area contributed by atoms with Crippen LogP contribution >= 0.6 is 0 Å². The van der Waals surface area contributed by atoms with Crippen LogP contribution in [0.25, 0.3) is 0 Å². The van der Waals surface area contributed by atoms with E-state index in [-0.39, 0.29) is 6.61 Å². The lowest BCUT2D eigenvalue weighted by atomic mass is 10.1. The summed E-state index contributed by atoms with van der Waals surface area (Å²) < 4.78 is 36.0. The number of alkyl halides is 2. The molecule has 17 heavy (non-hydrogen) atoms. The third-order valence-corrected chi connectivity index (χ3v) is 2.27. The number of hydrogen-bond donors (Lipinski definition) is 2. The van der Waals surface area contributed by atoms with Crippen LogP contribution in [0.2, 0.25) is 0 Å². The van der Waals surface area contributed by atoms with Crippen LogP contribution in [0.3, 0.4) is 0 Å². The van der Waals surface area contributed by atoms with Crippen LogP contribution in [0.1, 0.15) is 6.92 Å². The molecule has 0 saturated carbocycles. The molecule has 1 unspecified atom stereocenters. The summed E-state index contributed by atoms with van der Waals surface area (Å²) in [5.74, 6) is -5.54. The van der Waals surface area contributed by atoms with Crippen molar-refractivity contribution >= 4 is 5.97 Å². The molecule has 0 aliphatic carbocycles. The molecule has 2 N–H and O–H groups in total. The van der Waals surface area contributed by atoms with E-state index in [0.717, 1.165) is 12.2 Å². The van der Waals surface area contributed by atoms with Gasteiger partial charge in [0.05, 0.1) is 13.2 Å². The summed E-state index contributed by atoms with van der Waals surface area (Å²) in [5, 5.41) is 18.1. The summed E-state index contributed by atoms with van der Waals surface area (Å²) in [7, 11) is 0. The van der Waals surface area contributed by atoms with Crippen molar-refractivity contribution < 1.29 is 33.3 Å². The Kier molecular flexibility index (Phi) is 4.55. The SMILES string of the molecule is CCOC(=O)C(F)(F)C1C=C[C@H](O)[C@@H](CO)O1. The molecule has 5 nitrogen and oxygen atoms in total. The zero-order valence-electron chi connectivity index (χ0n) is 9.18. The lowest BCUT2D eigenvalue weighted by molar-refractivity contribution is -0.202. The van der Waals surface area contributed by atoms with Gasteiger partial charge in [0, 0.05) is 0 Å². The summed E-state index contributed by atoms with van der Waals surface area (Å²) in [5.41, 5.74) is 0. The minimum Gasteiger partial charge on any atom is -0.461 e. The lowest BCUT2D eigenvalue weighted by Gasteiger charge is -2.31. The first-order valence-corrected chi connectivity index (χ1v) is 5.11. The second kappa shape index (κ2) is 5.52. The van der Waals surface area contributed by atoms with Gasteiger partial charge in [0.15, 0.2) is 6.10 Å². The average Bonchev–Trinajstić information content (AvgIpc) is 2.29. The van der Waals surface area contributed by atoms with Crippen LogP contribution < -0.4 is 0 Å². The van der Waals surface area contributed by atoms with E-state index in [4.69, 9.17) is 9.84 Å². The molecule has 0 aromatic rings. The largest absolute Gasteiger partial charge is 0.461 e. The molecular weight excluding hydrogens is 238 g/mol. The number of esters is 1. The molecule has 1 aliphatic rings. The first kappa shape index (κ1) is 14.0. The Morgan fingerprint density at radius 1 is 1.53 bits per heavy atom. The molecule has 7 heteroatoms. The predicted octanol–water partition coefficient (Wildman–Crippen LogP) is -0.138. The Morgan fingerprint density at radius 3 is 2.71 bits per heavy atom. The van der Waals surface area contributed by atoms with E-state index in [2.05, 4.69) is 4.74 Å². The molecule has 3 atom stereocenters. The Morgan fingerprint density at radius 2 is 2.18 bits per heavy atom. The molecule has 0 amide bonds. The van der Waals surface area contributed by atoms with E-state index < -0.39 is 36.8 Å². The van der Waals surface area contributed by atoms with Crippen molar-refractivity contribution in [3.05, 3.63) is 12.2 Å². The quantitative estimate of drug-likeness (QED) is 0.538. The van der Waals surface area contributed by atoms with Gasteiger partial charge in [-0.05, 0) is 6.92 Å².